The van der Waals surface area contributed by atoms with Crippen molar-refractivity contribution >= 4 is 34.1 Å². The van der Waals surface area contributed by atoms with Gasteiger partial charge in [-0.1, -0.05) is 6.92 Å². The van der Waals surface area contributed by atoms with Gasteiger partial charge in [0.15, 0.2) is 5.13 Å². The van der Waals surface area contributed by atoms with Gasteiger partial charge < -0.3 is 5.32 Å². The summed E-state index contributed by atoms with van der Waals surface area (Å²) in [5.41, 5.74) is 1.09. The molecule has 1 amide bonds. The quantitative estimate of drug-likeness (QED) is 0.923. The number of likely N-dealkylation sites (tertiary alicyclic amines) is 1. The number of thiazole rings is 1. The highest BCUT2D eigenvalue weighted by atomic mass is 32.2. The van der Waals surface area contributed by atoms with Gasteiger partial charge in [0.1, 0.15) is 0 Å². The molecule has 2 saturated heterocycles. The van der Waals surface area contributed by atoms with Gasteiger partial charge in [0.25, 0.3) is 0 Å². The van der Waals surface area contributed by atoms with Gasteiger partial charge >= 0.3 is 0 Å². The number of aromatic nitrogens is 1. The molecular formula is C15H23N3OS2. The first-order valence-electron chi connectivity index (χ1n) is 7.80. The molecule has 1 aromatic heterocycles. The Bertz CT molecular complexity index is 477. The highest BCUT2D eigenvalue weighted by molar-refractivity contribution is 8.00. The standard InChI is InChI=1S/C15H23N3OS2/c1-11-4-6-18(7-5-11)9-12-10-21-15(16-12)17-14(19)13-3-2-8-20-13/h10-11,13H,2-9H2,1H3,(H,16,17,19). The summed E-state index contributed by atoms with van der Waals surface area (Å²) in [5, 5.41) is 5.94. The molecule has 1 N–H and O–H groups in total. The Morgan fingerprint density at radius 1 is 1.43 bits per heavy atom. The topological polar surface area (TPSA) is 45.2 Å². The van der Waals surface area contributed by atoms with Crippen LogP contribution in [-0.4, -0.2) is 39.9 Å². The number of hydrogen-bond acceptors (Lipinski definition) is 5. The van der Waals surface area contributed by atoms with Crippen molar-refractivity contribution in [3.8, 4) is 0 Å². The molecule has 21 heavy (non-hydrogen) atoms. The normalized spacial score (nSPS) is 24.3. The van der Waals surface area contributed by atoms with Crippen LogP contribution in [0.3, 0.4) is 0 Å². The minimum atomic E-state index is 0.126. The maximum absolute atomic E-state index is 12.1. The Morgan fingerprint density at radius 2 is 2.24 bits per heavy atom. The molecule has 3 rings (SSSR count). The van der Waals surface area contributed by atoms with E-state index in [1.54, 1.807) is 23.1 Å². The maximum Gasteiger partial charge on any atom is 0.239 e. The number of piperidine rings is 1. The second-order valence-electron chi connectivity index (χ2n) is 6.09. The summed E-state index contributed by atoms with van der Waals surface area (Å²) in [6.07, 6.45) is 4.72. The zero-order chi connectivity index (χ0) is 14.7. The smallest absolute Gasteiger partial charge is 0.239 e. The van der Waals surface area contributed by atoms with Gasteiger partial charge in [-0.25, -0.2) is 4.98 Å². The Kier molecular flexibility index (Phi) is 5.19. The second-order valence-corrected chi connectivity index (χ2v) is 8.26. The molecule has 0 aromatic carbocycles. The Balaban J connectivity index is 1.50. The lowest BCUT2D eigenvalue weighted by molar-refractivity contribution is -0.115. The van der Waals surface area contributed by atoms with E-state index in [1.165, 1.54) is 25.9 Å². The zero-order valence-electron chi connectivity index (χ0n) is 12.5. The van der Waals surface area contributed by atoms with Crippen LogP contribution in [0.4, 0.5) is 5.13 Å². The van der Waals surface area contributed by atoms with E-state index >= 15 is 0 Å². The molecule has 3 heterocycles. The number of anilines is 1. The largest absolute Gasteiger partial charge is 0.301 e. The average Bonchev–Trinajstić information content (AvgIpc) is 3.13. The molecule has 2 aliphatic rings. The first kappa shape index (κ1) is 15.3. The number of carbonyl (C=O) groups excluding carboxylic acids is 1. The average molecular weight is 326 g/mol. The van der Waals surface area contributed by atoms with Crippen LogP contribution in [0.25, 0.3) is 0 Å². The molecule has 2 aliphatic heterocycles. The van der Waals surface area contributed by atoms with E-state index in [9.17, 15) is 4.79 Å². The van der Waals surface area contributed by atoms with E-state index in [0.717, 1.165) is 41.9 Å². The molecule has 0 radical (unpaired) electrons. The first-order valence-corrected chi connectivity index (χ1v) is 9.73. The minimum Gasteiger partial charge on any atom is -0.301 e. The number of hydrogen-bond donors (Lipinski definition) is 1. The van der Waals surface area contributed by atoms with Gasteiger partial charge in [-0.05, 0) is 50.4 Å². The number of nitrogens with zero attached hydrogens (tertiary/aromatic N) is 2. The fraction of sp³-hybridized carbons (Fsp3) is 0.733. The van der Waals surface area contributed by atoms with Crippen LogP contribution in [0.5, 0.6) is 0 Å². The molecule has 0 spiro atoms. The first-order chi connectivity index (χ1) is 10.2. The SMILES string of the molecule is CC1CCN(Cc2csc(NC(=O)C3CCCS3)n2)CC1. The van der Waals surface area contributed by atoms with Crippen molar-refractivity contribution in [3.63, 3.8) is 0 Å². The number of thioether (sulfide) groups is 1. The van der Waals surface area contributed by atoms with Gasteiger partial charge in [0, 0.05) is 11.9 Å². The fourth-order valence-electron chi connectivity index (χ4n) is 2.86. The van der Waals surface area contributed by atoms with Gasteiger partial charge in [0.2, 0.25) is 5.91 Å². The monoisotopic (exact) mass is 325 g/mol. The van der Waals surface area contributed by atoms with Crippen molar-refractivity contribution in [3.05, 3.63) is 11.1 Å². The van der Waals surface area contributed by atoms with Crippen LogP contribution in [0, 0.1) is 5.92 Å². The summed E-state index contributed by atoms with van der Waals surface area (Å²) in [6.45, 7) is 5.57. The van der Waals surface area contributed by atoms with Crippen LogP contribution in [0.1, 0.15) is 38.3 Å². The Labute approximate surface area is 134 Å². The zero-order valence-corrected chi connectivity index (χ0v) is 14.1. The number of amides is 1. The molecule has 116 valence electrons. The second kappa shape index (κ2) is 7.11. The molecule has 2 fully saturated rings. The van der Waals surface area contributed by atoms with Crippen molar-refractivity contribution in [2.45, 2.75) is 44.4 Å². The number of nitrogens with one attached hydrogen (secondary N) is 1. The number of rotatable bonds is 4. The van der Waals surface area contributed by atoms with Crippen LogP contribution >= 0.6 is 23.1 Å². The van der Waals surface area contributed by atoms with Crippen LogP contribution < -0.4 is 5.32 Å². The minimum absolute atomic E-state index is 0.126. The molecule has 0 saturated carbocycles. The van der Waals surface area contributed by atoms with Crippen molar-refractivity contribution in [2.24, 2.45) is 5.92 Å². The lowest BCUT2D eigenvalue weighted by atomic mass is 9.99. The van der Waals surface area contributed by atoms with Gasteiger partial charge in [-0.15, -0.1) is 23.1 Å². The van der Waals surface area contributed by atoms with Gasteiger partial charge in [-0.2, -0.15) is 0 Å². The van der Waals surface area contributed by atoms with Crippen molar-refractivity contribution in [2.75, 3.05) is 24.2 Å². The van der Waals surface area contributed by atoms with E-state index in [0.29, 0.717) is 0 Å². The highest BCUT2D eigenvalue weighted by Gasteiger charge is 2.24. The highest BCUT2D eigenvalue weighted by Crippen LogP contribution is 2.28. The van der Waals surface area contributed by atoms with E-state index in [4.69, 9.17) is 0 Å². The molecule has 0 bridgehead atoms. The Hall–Kier alpha value is -0.590. The summed E-state index contributed by atoms with van der Waals surface area (Å²) in [4.78, 5) is 19.1. The van der Waals surface area contributed by atoms with Crippen molar-refractivity contribution in [1.29, 1.82) is 0 Å². The van der Waals surface area contributed by atoms with Crippen LogP contribution in [-0.2, 0) is 11.3 Å². The van der Waals surface area contributed by atoms with Crippen LogP contribution in [0.2, 0.25) is 0 Å². The van der Waals surface area contributed by atoms with E-state index in [1.807, 2.05) is 0 Å². The van der Waals surface area contributed by atoms with Gasteiger partial charge in [-0.3, -0.25) is 9.69 Å². The van der Waals surface area contributed by atoms with Crippen molar-refractivity contribution in [1.82, 2.24) is 9.88 Å². The molecule has 1 unspecified atom stereocenters. The molecule has 1 aromatic rings. The molecule has 0 aliphatic carbocycles. The predicted octanol–water partition coefficient (Wildman–Crippen LogP) is 3.21. The summed E-state index contributed by atoms with van der Waals surface area (Å²) < 4.78 is 0. The number of carbonyl (C=O) groups is 1. The van der Waals surface area contributed by atoms with E-state index < -0.39 is 0 Å². The fourth-order valence-corrected chi connectivity index (χ4v) is 4.72. The third-order valence-corrected chi connectivity index (χ3v) is 6.45. The van der Waals surface area contributed by atoms with Crippen molar-refractivity contribution < 1.29 is 4.79 Å². The Morgan fingerprint density at radius 3 is 2.95 bits per heavy atom. The summed E-state index contributed by atoms with van der Waals surface area (Å²) >= 11 is 3.31. The summed E-state index contributed by atoms with van der Waals surface area (Å²) in [7, 11) is 0. The summed E-state index contributed by atoms with van der Waals surface area (Å²) in [6, 6.07) is 0. The molecule has 1 atom stereocenters. The molecule has 4 nitrogen and oxygen atoms in total. The lowest BCUT2D eigenvalue weighted by Crippen LogP contribution is -2.32. The van der Waals surface area contributed by atoms with Crippen LogP contribution in [0.15, 0.2) is 5.38 Å². The molecule has 6 heteroatoms. The lowest BCUT2D eigenvalue weighted by Gasteiger charge is -2.29. The molecular weight excluding hydrogens is 302 g/mol. The third-order valence-electron chi connectivity index (χ3n) is 4.27. The maximum atomic E-state index is 12.1. The van der Waals surface area contributed by atoms with E-state index in [-0.39, 0.29) is 11.2 Å². The summed E-state index contributed by atoms with van der Waals surface area (Å²) in [5.74, 6) is 2.09. The van der Waals surface area contributed by atoms with E-state index in [2.05, 4.69) is 27.5 Å². The van der Waals surface area contributed by atoms with Gasteiger partial charge in [0.05, 0.1) is 10.9 Å². The predicted molar refractivity (Wildman–Crippen MR) is 89.9 cm³/mol. The third kappa shape index (κ3) is 4.20.